The lowest BCUT2D eigenvalue weighted by Gasteiger charge is -2.33. The molecule has 2 rings (SSSR count). The van der Waals surface area contributed by atoms with Crippen LogP contribution in [0.1, 0.15) is 13.8 Å². The summed E-state index contributed by atoms with van der Waals surface area (Å²) in [5, 5.41) is 3.51. The topological polar surface area (TPSA) is 50.8 Å². The van der Waals surface area contributed by atoms with Crippen LogP contribution in [0.5, 0.6) is 5.75 Å². The second-order valence-corrected chi connectivity index (χ2v) is 6.63. The van der Waals surface area contributed by atoms with E-state index in [0.717, 1.165) is 19.6 Å². The van der Waals surface area contributed by atoms with E-state index in [1.165, 1.54) is 0 Å². The molecular formula is C17H25ClN2O3. The average Bonchev–Trinajstić information content (AvgIpc) is 2.52. The fourth-order valence-corrected chi connectivity index (χ4v) is 2.67. The highest BCUT2D eigenvalue weighted by Crippen LogP contribution is 2.15. The number of carbonyl (C=O) groups excluding carboxylic acids is 1. The van der Waals surface area contributed by atoms with Crippen molar-refractivity contribution in [2.24, 2.45) is 5.92 Å². The molecule has 1 unspecified atom stereocenters. The molecule has 1 amide bonds. The molecule has 1 aromatic rings. The van der Waals surface area contributed by atoms with Crippen molar-refractivity contribution >= 4 is 17.5 Å². The number of morpholine rings is 1. The van der Waals surface area contributed by atoms with Crippen molar-refractivity contribution in [2.45, 2.75) is 20.0 Å². The van der Waals surface area contributed by atoms with Gasteiger partial charge in [-0.15, -0.1) is 0 Å². The number of nitrogens with zero attached hydrogens (tertiary/aromatic N) is 1. The summed E-state index contributed by atoms with van der Waals surface area (Å²) in [5.74, 6) is 1.11. The second-order valence-electron chi connectivity index (χ2n) is 6.19. The highest BCUT2D eigenvalue weighted by atomic mass is 35.5. The molecule has 23 heavy (non-hydrogen) atoms. The van der Waals surface area contributed by atoms with Gasteiger partial charge < -0.3 is 14.8 Å². The minimum Gasteiger partial charge on any atom is -0.484 e. The first-order valence-electron chi connectivity index (χ1n) is 8.02. The summed E-state index contributed by atoms with van der Waals surface area (Å²) in [6.45, 7) is 8.52. The lowest BCUT2D eigenvalue weighted by Crippen LogP contribution is -2.48. The van der Waals surface area contributed by atoms with Crippen molar-refractivity contribution in [3.63, 3.8) is 0 Å². The smallest absolute Gasteiger partial charge is 0.258 e. The Morgan fingerprint density at radius 2 is 2.17 bits per heavy atom. The van der Waals surface area contributed by atoms with Crippen molar-refractivity contribution in [3.8, 4) is 5.75 Å². The van der Waals surface area contributed by atoms with E-state index >= 15 is 0 Å². The van der Waals surface area contributed by atoms with E-state index in [2.05, 4.69) is 24.1 Å². The maximum atomic E-state index is 11.9. The summed E-state index contributed by atoms with van der Waals surface area (Å²) < 4.78 is 11.1. The van der Waals surface area contributed by atoms with Gasteiger partial charge >= 0.3 is 0 Å². The number of halogens is 1. The van der Waals surface area contributed by atoms with E-state index in [9.17, 15) is 4.79 Å². The van der Waals surface area contributed by atoms with Gasteiger partial charge in [-0.05, 0) is 30.2 Å². The van der Waals surface area contributed by atoms with E-state index in [-0.39, 0.29) is 18.6 Å². The number of amides is 1. The molecule has 1 aliphatic heterocycles. The Morgan fingerprint density at radius 1 is 1.43 bits per heavy atom. The maximum Gasteiger partial charge on any atom is 0.258 e. The first-order chi connectivity index (χ1) is 11.0. The summed E-state index contributed by atoms with van der Waals surface area (Å²) in [6, 6.07) is 6.94. The number of nitrogens with one attached hydrogen (secondary N) is 1. The Hall–Kier alpha value is -1.30. The summed E-state index contributed by atoms with van der Waals surface area (Å²) in [5.41, 5.74) is 0. The summed E-state index contributed by atoms with van der Waals surface area (Å²) in [6.07, 6.45) is 0.0435. The molecule has 0 saturated carbocycles. The largest absolute Gasteiger partial charge is 0.484 e. The van der Waals surface area contributed by atoms with Crippen LogP contribution in [0.25, 0.3) is 0 Å². The van der Waals surface area contributed by atoms with Gasteiger partial charge in [0.1, 0.15) is 5.75 Å². The maximum absolute atomic E-state index is 11.9. The Morgan fingerprint density at radius 3 is 2.87 bits per heavy atom. The first-order valence-corrected chi connectivity index (χ1v) is 8.39. The zero-order chi connectivity index (χ0) is 16.7. The van der Waals surface area contributed by atoms with E-state index in [1.807, 2.05) is 0 Å². The van der Waals surface area contributed by atoms with E-state index in [0.29, 0.717) is 29.8 Å². The van der Waals surface area contributed by atoms with Gasteiger partial charge in [-0.2, -0.15) is 0 Å². The minimum absolute atomic E-state index is 0.00986. The highest BCUT2D eigenvalue weighted by molar-refractivity contribution is 6.30. The normalized spacial score (nSPS) is 18.9. The number of rotatable bonds is 7. The minimum atomic E-state index is -0.149. The van der Waals surface area contributed by atoms with Crippen LogP contribution in [0.4, 0.5) is 0 Å². The summed E-state index contributed by atoms with van der Waals surface area (Å²) in [7, 11) is 0. The van der Waals surface area contributed by atoms with Gasteiger partial charge in [0, 0.05) is 31.2 Å². The number of hydrogen-bond donors (Lipinski definition) is 1. The van der Waals surface area contributed by atoms with Gasteiger partial charge in [0.2, 0.25) is 0 Å². The van der Waals surface area contributed by atoms with Crippen molar-refractivity contribution in [3.05, 3.63) is 29.3 Å². The fraction of sp³-hybridized carbons (Fsp3) is 0.588. The van der Waals surface area contributed by atoms with Crippen LogP contribution < -0.4 is 10.1 Å². The summed E-state index contributed by atoms with van der Waals surface area (Å²) in [4.78, 5) is 14.2. The standard InChI is InChI=1S/C17H25ClN2O3/c1-13(2)10-20-7-8-22-16(11-20)9-19-17(21)12-23-15-5-3-14(18)4-6-15/h3-6,13,16H,7-12H2,1-2H3,(H,19,21). The summed E-state index contributed by atoms with van der Waals surface area (Å²) >= 11 is 5.80. The van der Waals surface area contributed by atoms with Gasteiger partial charge in [-0.25, -0.2) is 0 Å². The zero-order valence-electron chi connectivity index (χ0n) is 13.8. The van der Waals surface area contributed by atoms with Gasteiger partial charge in [0.05, 0.1) is 12.7 Å². The van der Waals surface area contributed by atoms with Crippen molar-refractivity contribution < 1.29 is 14.3 Å². The molecule has 1 aliphatic rings. The predicted molar refractivity (Wildman–Crippen MR) is 91.0 cm³/mol. The Labute approximate surface area is 142 Å². The van der Waals surface area contributed by atoms with Crippen molar-refractivity contribution in [2.75, 3.05) is 39.4 Å². The molecule has 0 bridgehead atoms. The molecule has 1 saturated heterocycles. The van der Waals surface area contributed by atoms with Crippen LogP contribution in [0.2, 0.25) is 5.02 Å². The van der Waals surface area contributed by atoms with E-state index in [1.54, 1.807) is 24.3 Å². The molecule has 1 atom stereocenters. The van der Waals surface area contributed by atoms with Gasteiger partial charge in [-0.1, -0.05) is 25.4 Å². The lowest BCUT2D eigenvalue weighted by molar-refractivity contribution is -0.124. The Balaban J connectivity index is 1.66. The quantitative estimate of drug-likeness (QED) is 0.826. The number of ether oxygens (including phenoxy) is 2. The van der Waals surface area contributed by atoms with Crippen LogP contribution in [-0.4, -0.2) is 56.3 Å². The monoisotopic (exact) mass is 340 g/mol. The average molecular weight is 341 g/mol. The van der Waals surface area contributed by atoms with Crippen LogP contribution >= 0.6 is 11.6 Å². The van der Waals surface area contributed by atoms with E-state index < -0.39 is 0 Å². The zero-order valence-corrected chi connectivity index (χ0v) is 14.5. The molecule has 1 heterocycles. The van der Waals surface area contributed by atoms with E-state index in [4.69, 9.17) is 21.1 Å². The number of carbonyl (C=O) groups is 1. The second kappa shape index (κ2) is 9.11. The lowest BCUT2D eigenvalue weighted by atomic mass is 10.2. The Kier molecular flexibility index (Phi) is 7.15. The van der Waals surface area contributed by atoms with Crippen LogP contribution in [0.15, 0.2) is 24.3 Å². The van der Waals surface area contributed by atoms with Crippen LogP contribution in [0, 0.1) is 5.92 Å². The molecule has 5 nitrogen and oxygen atoms in total. The van der Waals surface area contributed by atoms with Gasteiger partial charge in [-0.3, -0.25) is 9.69 Å². The Bertz CT molecular complexity index is 493. The molecule has 6 heteroatoms. The fourth-order valence-electron chi connectivity index (χ4n) is 2.54. The molecule has 128 valence electrons. The molecule has 0 aliphatic carbocycles. The molecular weight excluding hydrogens is 316 g/mol. The third-order valence-electron chi connectivity index (χ3n) is 3.56. The van der Waals surface area contributed by atoms with Gasteiger partial charge in [0.25, 0.3) is 5.91 Å². The van der Waals surface area contributed by atoms with Crippen molar-refractivity contribution in [1.29, 1.82) is 0 Å². The molecule has 1 aromatic carbocycles. The predicted octanol–water partition coefficient (Wildman–Crippen LogP) is 2.19. The molecule has 1 fully saturated rings. The van der Waals surface area contributed by atoms with Gasteiger partial charge in [0.15, 0.2) is 6.61 Å². The van der Waals surface area contributed by atoms with Crippen LogP contribution in [0.3, 0.4) is 0 Å². The third kappa shape index (κ3) is 6.77. The number of benzene rings is 1. The first kappa shape index (κ1) is 18.0. The molecule has 1 N–H and O–H groups in total. The molecule has 0 aromatic heterocycles. The third-order valence-corrected chi connectivity index (χ3v) is 3.81. The van der Waals surface area contributed by atoms with Crippen LogP contribution in [-0.2, 0) is 9.53 Å². The van der Waals surface area contributed by atoms with Crippen molar-refractivity contribution in [1.82, 2.24) is 10.2 Å². The molecule has 0 spiro atoms. The number of hydrogen-bond acceptors (Lipinski definition) is 4. The SMILES string of the molecule is CC(C)CN1CCOC(CNC(=O)COc2ccc(Cl)cc2)C1. The molecule has 0 radical (unpaired) electrons. The highest BCUT2D eigenvalue weighted by Gasteiger charge is 2.21.